The molecule has 0 heterocycles. The highest BCUT2D eigenvalue weighted by atomic mass is 16.6. The van der Waals surface area contributed by atoms with Crippen molar-refractivity contribution in [2.45, 2.75) is 6.42 Å². The average Bonchev–Trinajstić information content (AvgIpc) is 2.37. The van der Waals surface area contributed by atoms with Gasteiger partial charge in [-0.1, -0.05) is 0 Å². The summed E-state index contributed by atoms with van der Waals surface area (Å²) < 4.78 is 4.46. The van der Waals surface area contributed by atoms with Crippen LogP contribution in [0, 0.1) is 21.4 Å². The van der Waals surface area contributed by atoms with E-state index in [1.54, 1.807) is 6.07 Å². The number of esters is 1. The van der Waals surface area contributed by atoms with E-state index in [4.69, 9.17) is 5.26 Å². The highest BCUT2D eigenvalue weighted by Crippen LogP contribution is 2.21. The van der Waals surface area contributed by atoms with E-state index in [9.17, 15) is 14.9 Å². The van der Waals surface area contributed by atoms with Crippen LogP contribution in [-0.2, 0) is 9.53 Å². The molecule has 0 fully saturated rings. The summed E-state index contributed by atoms with van der Waals surface area (Å²) in [5, 5.41) is 22.3. The zero-order valence-corrected chi connectivity index (χ0v) is 9.67. The van der Waals surface area contributed by atoms with Crippen LogP contribution in [0.4, 0.5) is 11.4 Å². The number of nitro benzene ring substituents is 1. The van der Waals surface area contributed by atoms with Gasteiger partial charge < -0.3 is 10.1 Å². The molecule has 0 saturated heterocycles. The fraction of sp³-hybridized carbons (Fsp3) is 0.273. The number of nitriles is 1. The molecule has 0 aliphatic carbocycles. The van der Waals surface area contributed by atoms with Crippen molar-refractivity contribution in [3.8, 4) is 6.07 Å². The Morgan fingerprint density at radius 1 is 1.61 bits per heavy atom. The van der Waals surface area contributed by atoms with E-state index in [1.807, 2.05) is 0 Å². The highest BCUT2D eigenvalue weighted by molar-refractivity contribution is 5.70. The topological polar surface area (TPSA) is 105 Å². The Morgan fingerprint density at radius 2 is 2.33 bits per heavy atom. The van der Waals surface area contributed by atoms with Crippen LogP contribution in [-0.4, -0.2) is 24.5 Å². The van der Waals surface area contributed by atoms with Crippen LogP contribution in [0.15, 0.2) is 18.2 Å². The third kappa shape index (κ3) is 3.45. The Balaban J connectivity index is 2.72. The average molecular weight is 249 g/mol. The number of nitro groups is 1. The van der Waals surface area contributed by atoms with E-state index in [-0.39, 0.29) is 23.6 Å². The second-order valence-corrected chi connectivity index (χ2v) is 3.35. The van der Waals surface area contributed by atoms with Gasteiger partial charge in [-0.3, -0.25) is 14.9 Å². The van der Waals surface area contributed by atoms with Gasteiger partial charge in [-0.2, -0.15) is 5.26 Å². The molecular formula is C11H11N3O4. The number of anilines is 1. The molecule has 1 N–H and O–H groups in total. The van der Waals surface area contributed by atoms with Gasteiger partial charge in [0.05, 0.1) is 18.5 Å². The lowest BCUT2D eigenvalue weighted by molar-refractivity contribution is -0.385. The minimum absolute atomic E-state index is 0.0249. The van der Waals surface area contributed by atoms with E-state index < -0.39 is 4.92 Å². The molecule has 1 aromatic rings. The quantitative estimate of drug-likeness (QED) is 0.481. The predicted molar refractivity (Wildman–Crippen MR) is 62.9 cm³/mol. The third-order valence-corrected chi connectivity index (χ3v) is 2.20. The second-order valence-electron chi connectivity index (χ2n) is 3.35. The van der Waals surface area contributed by atoms with Crippen LogP contribution >= 0.6 is 0 Å². The summed E-state index contributed by atoms with van der Waals surface area (Å²) in [7, 11) is 1.29. The Hall–Kier alpha value is -2.62. The number of carbonyl (C=O) groups excluding carboxylic acids is 1. The lowest BCUT2D eigenvalue weighted by Gasteiger charge is -2.05. The van der Waals surface area contributed by atoms with Gasteiger partial charge in [0, 0.05) is 18.3 Å². The Labute approximate surface area is 103 Å². The van der Waals surface area contributed by atoms with E-state index in [0.29, 0.717) is 12.2 Å². The fourth-order valence-electron chi connectivity index (χ4n) is 1.31. The molecule has 0 unspecified atom stereocenters. The number of ether oxygens (including phenoxy) is 1. The van der Waals surface area contributed by atoms with Crippen molar-refractivity contribution in [1.29, 1.82) is 5.26 Å². The molecule has 0 aromatic heterocycles. The number of methoxy groups -OCH3 is 1. The van der Waals surface area contributed by atoms with Crippen molar-refractivity contribution in [3.05, 3.63) is 33.9 Å². The molecule has 0 atom stereocenters. The summed E-state index contributed by atoms with van der Waals surface area (Å²) in [6, 6.07) is 5.86. The Morgan fingerprint density at radius 3 is 2.89 bits per heavy atom. The van der Waals surface area contributed by atoms with E-state index in [0.717, 1.165) is 0 Å². The summed E-state index contributed by atoms with van der Waals surface area (Å²) in [6.45, 7) is 0.329. The van der Waals surface area contributed by atoms with Crippen molar-refractivity contribution in [3.63, 3.8) is 0 Å². The van der Waals surface area contributed by atoms with Crippen molar-refractivity contribution < 1.29 is 14.5 Å². The van der Waals surface area contributed by atoms with E-state index >= 15 is 0 Å². The summed E-state index contributed by atoms with van der Waals surface area (Å²) in [5.74, 6) is -0.357. The minimum Gasteiger partial charge on any atom is -0.469 e. The SMILES string of the molecule is COC(=O)CCNc1ccc([N+](=O)[O-])c(C#N)c1. The summed E-state index contributed by atoms with van der Waals surface area (Å²) in [6.07, 6.45) is 0.176. The maximum atomic E-state index is 10.9. The number of benzene rings is 1. The van der Waals surface area contributed by atoms with Crippen molar-refractivity contribution in [2.75, 3.05) is 19.0 Å². The normalized spacial score (nSPS) is 9.33. The molecule has 0 radical (unpaired) electrons. The molecule has 94 valence electrons. The highest BCUT2D eigenvalue weighted by Gasteiger charge is 2.13. The van der Waals surface area contributed by atoms with Gasteiger partial charge in [-0.25, -0.2) is 0 Å². The third-order valence-electron chi connectivity index (χ3n) is 2.20. The molecule has 7 nitrogen and oxygen atoms in total. The van der Waals surface area contributed by atoms with Crippen LogP contribution in [0.5, 0.6) is 0 Å². The molecular weight excluding hydrogens is 238 g/mol. The maximum Gasteiger partial charge on any atom is 0.307 e. The molecule has 0 spiro atoms. The van der Waals surface area contributed by atoms with Gasteiger partial charge in [0.2, 0.25) is 0 Å². The Kier molecular flexibility index (Phi) is 4.63. The molecule has 0 aliphatic rings. The van der Waals surface area contributed by atoms with Crippen LogP contribution < -0.4 is 5.32 Å². The first-order valence-corrected chi connectivity index (χ1v) is 5.07. The van der Waals surface area contributed by atoms with Gasteiger partial charge in [0.15, 0.2) is 0 Å². The molecule has 7 heteroatoms. The molecule has 1 rings (SSSR count). The number of hydrogen-bond donors (Lipinski definition) is 1. The van der Waals surface area contributed by atoms with E-state index in [1.165, 1.54) is 25.3 Å². The summed E-state index contributed by atoms with van der Waals surface area (Å²) >= 11 is 0. The van der Waals surface area contributed by atoms with Crippen LogP contribution in [0.25, 0.3) is 0 Å². The summed E-state index contributed by atoms with van der Waals surface area (Å²) in [4.78, 5) is 20.9. The van der Waals surface area contributed by atoms with Gasteiger partial charge in [0.1, 0.15) is 11.6 Å². The summed E-state index contributed by atoms with van der Waals surface area (Å²) in [5.41, 5.74) is 0.278. The predicted octanol–water partition coefficient (Wildman–Crippen LogP) is 1.44. The number of nitrogens with one attached hydrogen (secondary N) is 1. The Bertz CT molecular complexity index is 508. The lowest BCUT2D eigenvalue weighted by atomic mass is 10.1. The molecule has 0 bridgehead atoms. The largest absolute Gasteiger partial charge is 0.469 e. The fourth-order valence-corrected chi connectivity index (χ4v) is 1.31. The number of nitrogens with zero attached hydrogens (tertiary/aromatic N) is 2. The first kappa shape index (κ1) is 13.4. The second kappa shape index (κ2) is 6.20. The molecule has 18 heavy (non-hydrogen) atoms. The number of hydrogen-bond acceptors (Lipinski definition) is 6. The lowest BCUT2D eigenvalue weighted by Crippen LogP contribution is -2.09. The monoisotopic (exact) mass is 249 g/mol. The van der Waals surface area contributed by atoms with Crippen molar-refractivity contribution in [1.82, 2.24) is 0 Å². The van der Waals surface area contributed by atoms with Gasteiger partial charge >= 0.3 is 5.97 Å². The van der Waals surface area contributed by atoms with E-state index in [2.05, 4.69) is 10.1 Å². The van der Waals surface area contributed by atoms with Crippen LogP contribution in [0.3, 0.4) is 0 Å². The number of rotatable bonds is 5. The molecule has 0 aliphatic heterocycles. The molecule has 0 saturated carbocycles. The van der Waals surface area contributed by atoms with Gasteiger partial charge in [-0.05, 0) is 12.1 Å². The van der Waals surface area contributed by atoms with Gasteiger partial charge in [0.25, 0.3) is 5.69 Å². The van der Waals surface area contributed by atoms with Crippen molar-refractivity contribution >= 4 is 17.3 Å². The maximum absolute atomic E-state index is 10.9. The molecule has 0 amide bonds. The van der Waals surface area contributed by atoms with Crippen LogP contribution in [0.1, 0.15) is 12.0 Å². The standard InChI is InChI=1S/C11H11N3O4/c1-18-11(15)4-5-13-9-2-3-10(14(16)17)8(6-9)7-12/h2-3,6,13H,4-5H2,1H3. The first-order chi connectivity index (χ1) is 8.58. The zero-order chi connectivity index (χ0) is 13.5. The molecule has 1 aromatic carbocycles. The van der Waals surface area contributed by atoms with Crippen molar-refractivity contribution in [2.24, 2.45) is 0 Å². The first-order valence-electron chi connectivity index (χ1n) is 5.07. The zero-order valence-electron chi connectivity index (χ0n) is 9.67. The minimum atomic E-state index is -0.614. The van der Waals surface area contributed by atoms with Gasteiger partial charge in [-0.15, -0.1) is 0 Å². The number of carbonyl (C=O) groups is 1. The van der Waals surface area contributed by atoms with Crippen LogP contribution in [0.2, 0.25) is 0 Å². The smallest absolute Gasteiger partial charge is 0.307 e.